The minimum absolute atomic E-state index is 0.250. The Morgan fingerprint density at radius 3 is 1.62 bits per heavy atom. The first-order valence-corrected chi connectivity index (χ1v) is 23.2. The highest BCUT2D eigenvalue weighted by molar-refractivity contribution is 7.86. The standard InChI is InChI=1S/C37H44N14O4S.CH4O3S.CH2O2/c38-12-14-48-16-20-50(21-17-48)36-41-35(42-37(43-36)51-22-18-49(15-13-39)19-23-51)40-30-10-11-31-26(24-30)25-32(56(53,54)55)33(34(31)52)47-46-29-8-6-28(7-9-29)45-44-27-4-2-1-3-5-27;1-5(2,3)4;2-1-3/h1-11,24-25,52H,12-23,38-39H2,(H,53,54,55)(H,40,41,42,43);1H3,(H,2,3,4);1H,(H,2,3)/p+2. The van der Waals surface area contributed by atoms with Gasteiger partial charge in [0.15, 0.2) is 5.75 Å². The molecular formula is C39H52N14O9S2+2. The van der Waals surface area contributed by atoms with Crippen molar-refractivity contribution >= 4 is 83.8 Å². The lowest BCUT2D eigenvalue weighted by atomic mass is 10.1. The molecule has 342 valence electrons. The predicted molar refractivity (Wildman–Crippen MR) is 238 cm³/mol. The number of phenolic OH excluding ortho intramolecular Hbond substituents is 1. The topological polar surface area (TPSA) is 334 Å². The molecule has 4 aromatic carbocycles. The number of aromatic hydroxyl groups is 1. The van der Waals surface area contributed by atoms with E-state index in [1.807, 2.05) is 30.3 Å². The van der Waals surface area contributed by atoms with E-state index in [2.05, 4.69) is 35.6 Å². The number of hydrogen-bond acceptors (Lipinski definition) is 18. The number of carboxylic acid groups (broad SMARTS) is 1. The normalized spacial score (nSPS) is 15.7. The van der Waals surface area contributed by atoms with Crippen LogP contribution >= 0.6 is 0 Å². The van der Waals surface area contributed by atoms with Gasteiger partial charge >= 0.3 is 11.9 Å². The molecular weight excluding hydrogens is 873 g/mol. The lowest BCUT2D eigenvalue weighted by Crippen LogP contribution is -3.12. The fourth-order valence-electron chi connectivity index (χ4n) is 6.81. The highest BCUT2D eigenvalue weighted by atomic mass is 32.2. The van der Waals surface area contributed by atoms with Gasteiger partial charge < -0.3 is 27.0 Å². The minimum atomic E-state index is -4.84. The molecule has 0 aliphatic carbocycles. The molecule has 0 unspecified atom stereocenters. The van der Waals surface area contributed by atoms with Gasteiger partial charge in [-0.2, -0.15) is 32.2 Å². The van der Waals surface area contributed by atoms with E-state index in [0.717, 1.165) is 75.2 Å². The molecule has 64 heavy (non-hydrogen) atoms. The van der Waals surface area contributed by atoms with E-state index >= 15 is 0 Å². The maximum atomic E-state index is 12.6. The van der Waals surface area contributed by atoms with E-state index in [-0.39, 0.29) is 6.47 Å². The Morgan fingerprint density at radius 2 is 1.17 bits per heavy atom. The van der Waals surface area contributed by atoms with Gasteiger partial charge in [0, 0.05) is 63.4 Å². The van der Waals surface area contributed by atoms with Crippen molar-refractivity contribution in [1.82, 2.24) is 24.8 Å². The summed E-state index contributed by atoms with van der Waals surface area (Å²) in [5.41, 5.74) is 13.4. The minimum Gasteiger partial charge on any atom is -0.505 e. The van der Waals surface area contributed by atoms with Gasteiger partial charge in [0.25, 0.3) is 26.7 Å². The largest absolute Gasteiger partial charge is 0.505 e. The summed E-state index contributed by atoms with van der Waals surface area (Å²) in [7, 11) is -8.50. The fourth-order valence-corrected chi connectivity index (χ4v) is 7.47. The number of hydrogen-bond donors (Lipinski definition) is 9. The number of aromatic nitrogens is 3. The number of rotatable bonds is 13. The molecule has 0 radical (unpaired) electrons. The van der Waals surface area contributed by atoms with Gasteiger partial charge in [-0.05, 0) is 66.0 Å². The number of carbonyl (C=O) groups is 1. The summed E-state index contributed by atoms with van der Waals surface area (Å²) in [6.07, 6.45) is 0.715. The molecule has 2 fully saturated rings. The molecule has 5 aromatic rings. The van der Waals surface area contributed by atoms with Crippen molar-refractivity contribution < 1.29 is 50.7 Å². The highest BCUT2D eigenvalue weighted by Gasteiger charge is 2.30. The summed E-state index contributed by atoms with van der Waals surface area (Å²) in [5.74, 6) is 1.18. The Labute approximate surface area is 369 Å². The van der Waals surface area contributed by atoms with Crippen molar-refractivity contribution in [1.29, 1.82) is 0 Å². The van der Waals surface area contributed by atoms with Crippen molar-refractivity contribution in [3.05, 3.63) is 78.9 Å². The van der Waals surface area contributed by atoms with Gasteiger partial charge in [0.05, 0.1) is 49.5 Å². The van der Waals surface area contributed by atoms with Crippen LogP contribution in [0, 0.1) is 0 Å². The Hall–Kier alpha value is -6.00. The maximum absolute atomic E-state index is 12.6. The number of azo groups is 2. The van der Waals surface area contributed by atoms with Crippen molar-refractivity contribution in [2.45, 2.75) is 4.90 Å². The van der Waals surface area contributed by atoms with Gasteiger partial charge in [0.2, 0.25) is 5.95 Å². The van der Waals surface area contributed by atoms with Crippen LogP contribution in [0.25, 0.3) is 10.8 Å². The number of piperazine rings is 2. The van der Waals surface area contributed by atoms with E-state index in [1.54, 1.807) is 42.5 Å². The first-order valence-electron chi connectivity index (χ1n) is 19.9. The number of quaternary nitrogens is 2. The first kappa shape index (κ1) is 49.0. The molecule has 1 aromatic heterocycles. The summed E-state index contributed by atoms with van der Waals surface area (Å²) >= 11 is 0. The van der Waals surface area contributed by atoms with Crippen molar-refractivity contribution in [3.63, 3.8) is 0 Å². The Balaban J connectivity index is 0.000000890. The monoisotopic (exact) mass is 924 g/mol. The van der Waals surface area contributed by atoms with Crippen LogP contribution in [0.1, 0.15) is 0 Å². The third-order valence-corrected chi connectivity index (χ3v) is 10.7. The second kappa shape index (κ2) is 23.1. The van der Waals surface area contributed by atoms with E-state index in [4.69, 9.17) is 40.9 Å². The fraction of sp³-hybridized carbons (Fsp3) is 0.333. The average Bonchev–Trinajstić information content (AvgIpc) is 3.26. The summed E-state index contributed by atoms with van der Waals surface area (Å²) in [6.45, 7) is 9.45. The number of phenols is 1. The third kappa shape index (κ3) is 14.8. The van der Waals surface area contributed by atoms with Crippen LogP contribution in [0.4, 0.5) is 46.3 Å². The number of nitrogens with two attached hydrogens (primary N) is 2. The highest BCUT2D eigenvalue weighted by Crippen LogP contribution is 2.42. The van der Waals surface area contributed by atoms with Gasteiger partial charge in [-0.25, -0.2) is 0 Å². The molecule has 0 bridgehead atoms. The second-order valence-corrected chi connectivity index (χ2v) is 17.3. The molecule has 0 atom stereocenters. The summed E-state index contributed by atoms with van der Waals surface area (Å²) in [6, 6.07) is 22.1. The van der Waals surface area contributed by atoms with Gasteiger partial charge in [-0.1, -0.05) is 18.2 Å². The lowest BCUT2D eigenvalue weighted by molar-refractivity contribution is -0.851. The lowest BCUT2D eigenvalue weighted by Gasteiger charge is -2.31. The number of nitrogens with zero attached hydrogens (tertiary/aromatic N) is 9. The van der Waals surface area contributed by atoms with Crippen LogP contribution in [-0.2, 0) is 25.0 Å². The van der Waals surface area contributed by atoms with Gasteiger partial charge in [0.1, 0.15) is 10.6 Å². The van der Waals surface area contributed by atoms with E-state index in [9.17, 15) is 26.5 Å². The maximum Gasteiger partial charge on any atom is 0.337 e. The molecule has 2 aliphatic heterocycles. The molecule has 2 saturated heterocycles. The van der Waals surface area contributed by atoms with Crippen LogP contribution in [-0.4, -0.2) is 152 Å². The second-order valence-electron chi connectivity index (χ2n) is 14.5. The molecule has 2 aliphatic rings. The number of fused-ring (bicyclic) bond motifs is 1. The Bertz CT molecular complexity index is 2560. The zero-order valence-electron chi connectivity index (χ0n) is 34.9. The van der Waals surface area contributed by atoms with E-state index < -0.39 is 36.6 Å². The smallest absolute Gasteiger partial charge is 0.337 e. The van der Waals surface area contributed by atoms with Crippen LogP contribution in [0.3, 0.4) is 0 Å². The summed E-state index contributed by atoms with van der Waals surface area (Å²) < 4.78 is 61.3. The van der Waals surface area contributed by atoms with Crippen molar-refractivity contribution in [3.8, 4) is 5.75 Å². The molecule has 23 nitrogen and oxygen atoms in total. The quantitative estimate of drug-likeness (QED) is 0.0457. The number of anilines is 2. The third-order valence-electron chi connectivity index (χ3n) is 9.82. The van der Waals surface area contributed by atoms with Crippen molar-refractivity contribution in [2.75, 3.05) is 90.1 Å². The zero-order chi connectivity index (χ0) is 46.3. The van der Waals surface area contributed by atoms with Gasteiger partial charge in [-0.3, -0.25) is 33.5 Å². The number of benzene rings is 4. The molecule has 7 rings (SSSR count). The Kier molecular flexibility index (Phi) is 17.7. The first-order chi connectivity index (χ1) is 30.6. The van der Waals surface area contributed by atoms with E-state index in [0.29, 0.717) is 70.7 Å². The molecule has 0 saturated carbocycles. The molecule has 25 heteroatoms. The summed E-state index contributed by atoms with van der Waals surface area (Å²) in [5, 5.41) is 38.7. The molecule has 0 amide bonds. The van der Waals surface area contributed by atoms with Crippen LogP contribution in [0.15, 0.2) is 104 Å². The molecule has 0 spiro atoms. The number of nitrogens with one attached hydrogen (secondary N) is 3. The average molecular weight is 925 g/mol. The Morgan fingerprint density at radius 1 is 0.719 bits per heavy atom. The van der Waals surface area contributed by atoms with Gasteiger partial charge in [-0.15, -0.1) is 20.1 Å². The van der Waals surface area contributed by atoms with E-state index in [1.165, 1.54) is 6.07 Å². The van der Waals surface area contributed by atoms with Crippen LogP contribution < -0.4 is 26.6 Å². The predicted octanol–water partition coefficient (Wildman–Crippen LogP) is 1.34. The SMILES string of the molecule is CS(=O)(=O)O.NCCN1CC[NH+](c2nc(Nc3ccc4c(O)c(N=Nc5ccc(N=Nc6ccccc6)cc5)c(S(=O)(=O)O)cc4c3)nc([NH+]3CCN(CCN)CC3)n2)CC1.O=CO. The molecule has 3 heterocycles. The van der Waals surface area contributed by atoms with Crippen LogP contribution in [0.2, 0.25) is 0 Å². The van der Waals surface area contributed by atoms with Crippen molar-refractivity contribution in [2.24, 2.45) is 31.9 Å². The summed E-state index contributed by atoms with van der Waals surface area (Å²) in [4.78, 5) is 29.4. The zero-order valence-corrected chi connectivity index (χ0v) is 36.5. The molecule has 11 N–H and O–H groups in total. The van der Waals surface area contributed by atoms with Crippen LogP contribution in [0.5, 0.6) is 5.75 Å².